The van der Waals surface area contributed by atoms with Crippen LogP contribution in [0.25, 0.3) is 0 Å². The van der Waals surface area contributed by atoms with Crippen molar-refractivity contribution in [3.63, 3.8) is 0 Å². The molecule has 0 fully saturated rings. The van der Waals surface area contributed by atoms with Gasteiger partial charge in [-0.15, -0.1) is 5.10 Å². The molecule has 1 aromatic heterocycles. The van der Waals surface area contributed by atoms with Crippen LogP contribution in [0.15, 0.2) is 24.3 Å². The van der Waals surface area contributed by atoms with Crippen molar-refractivity contribution in [3.8, 4) is 11.6 Å². The maximum absolute atomic E-state index is 12.8. The van der Waals surface area contributed by atoms with Crippen LogP contribution in [0.2, 0.25) is 5.02 Å². The third kappa shape index (κ3) is 3.52. The van der Waals surface area contributed by atoms with Gasteiger partial charge in [-0.1, -0.05) is 11.6 Å². The number of amides is 1. The number of carbonyl (C=O) groups excluding carboxylic acids is 1. The number of aryl methyl sites for hydroxylation is 1. The first-order valence-corrected chi connectivity index (χ1v) is 6.80. The lowest BCUT2D eigenvalue weighted by molar-refractivity contribution is 0.239. The zero-order valence-electron chi connectivity index (χ0n) is 11.7. The van der Waals surface area contributed by atoms with Gasteiger partial charge in [0.1, 0.15) is 12.4 Å². The third-order valence-electron chi connectivity index (χ3n) is 2.77. The van der Waals surface area contributed by atoms with Gasteiger partial charge < -0.3 is 10.1 Å². The molecule has 0 aliphatic rings. The van der Waals surface area contributed by atoms with Gasteiger partial charge >= 0.3 is 6.03 Å². The molecule has 112 valence electrons. The van der Waals surface area contributed by atoms with Crippen LogP contribution < -0.4 is 10.1 Å². The molecule has 1 N–H and O–H groups in total. The fourth-order valence-corrected chi connectivity index (χ4v) is 1.93. The van der Waals surface area contributed by atoms with E-state index in [-0.39, 0.29) is 11.9 Å². The van der Waals surface area contributed by atoms with Crippen molar-refractivity contribution < 1.29 is 13.9 Å². The van der Waals surface area contributed by atoms with E-state index in [4.69, 9.17) is 16.3 Å². The fourth-order valence-electron chi connectivity index (χ4n) is 1.77. The number of nitrogens with zero attached hydrogens (tertiary/aromatic N) is 2. The van der Waals surface area contributed by atoms with Gasteiger partial charge in [-0.25, -0.2) is 9.18 Å². The Hall–Kier alpha value is -2.08. The van der Waals surface area contributed by atoms with Crippen LogP contribution in [0.3, 0.4) is 0 Å². The van der Waals surface area contributed by atoms with Crippen LogP contribution in [0.4, 0.5) is 9.18 Å². The number of rotatable bonds is 4. The van der Waals surface area contributed by atoms with Gasteiger partial charge in [0.05, 0.1) is 5.69 Å². The SMILES string of the molecule is CCNC(=O)n1nc(Oc2ccc(Cl)c(CF)c2)cc1C. The van der Waals surface area contributed by atoms with Crippen molar-refractivity contribution in [1.82, 2.24) is 15.1 Å². The second kappa shape index (κ2) is 6.58. The summed E-state index contributed by atoms with van der Waals surface area (Å²) in [4.78, 5) is 11.7. The lowest BCUT2D eigenvalue weighted by Crippen LogP contribution is -2.29. The standard InChI is InChI=1S/C14H15ClFN3O2/c1-3-17-14(20)19-9(2)6-13(18-19)21-11-4-5-12(15)10(7-11)8-16/h4-7H,3,8H2,1-2H3,(H,17,20). The molecule has 0 radical (unpaired) electrons. The van der Waals surface area contributed by atoms with E-state index >= 15 is 0 Å². The monoisotopic (exact) mass is 311 g/mol. The summed E-state index contributed by atoms with van der Waals surface area (Å²) >= 11 is 5.84. The van der Waals surface area contributed by atoms with Crippen LogP contribution in [-0.2, 0) is 6.67 Å². The molecule has 0 spiro atoms. The largest absolute Gasteiger partial charge is 0.438 e. The van der Waals surface area contributed by atoms with Gasteiger partial charge in [-0.3, -0.25) is 0 Å². The summed E-state index contributed by atoms with van der Waals surface area (Å²) in [5.74, 6) is 0.665. The molecule has 0 saturated carbocycles. The Bertz CT molecular complexity index is 658. The van der Waals surface area contributed by atoms with Gasteiger partial charge in [0.2, 0.25) is 5.88 Å². The van der Waals surface area contributed by atoms with Crippen molar-refractivity contribution in [2.45, 2.75) is 20.5 Å². The maximum atomic E-state index is 12.8. The lowest BCUT2D eigenvalue weighted by Gasteiger charge is -2.05. The molecular formula is C14H15ClFN3O2. The van der Waals surface area contributed by atoms with E-state index in [9.17, 15) is 9.18 Å². The zero-order valence-corrected chi connectivity index (χ0v) is 12.4. The Morgan fingerprint density at radius 2 is 2.24 bits per heavy atom. The highest BCUT2D eigenvalue weighted by molar-refractivity contribution is 6.31. The van der Waals surface area contributed by atoms with E-state index < -0.39 is 6.67 Å². The number of benzene rings is 1. The van der Waals surface area contributed by atoms with Crippen LogP contribution in [0.5, 0.6) is 11.6 Å². The minimum atomic E-state index is -0.678. The number of alkyl halides is 1. The molecule has 1 amide bonds. The number of carbonyl (C=O) groups is 1. The molecule has 0 aliphatic carbocycles. The second-order valence-electron chi connectivity index (χ2n) is 4.36. The van der Waals surface area contributed by atoms with Gasteiger partial charge in [-0.05, 0) is 32.0 Å². The second-order valence-corrected chi connectivity index (χ2v) is 4.77. The predicted molar refractivity (Wildman–Crippen MR) is 77.8 cm³/mol. The van der Waals surface area contributed by atoms with E-state index in [1.807, 2.05) is 6.92 Å². The Balaban J connectivity index is 2.20. The lowest BCUT2D eigenvalue weighted by atomic mass is 10.2. The molecule has 7 heteroatoms. The van der Waals surface area contributed by atoms with Crippen LogP contribution >= 0.6 is 11.6 Å². The van der Waals surface area contributed by atoms with Gasteiger partial charge in [0.15, 0.2) is 0 Å². The molecule has 0 saturated heterocycles. The number of aromatic nitrogens is 2. The topological polar surface area (TPSA) is 56.2 Å². The highest BCUT2D eigenvalue weighted by atomic mass is 35.5. The van der Waals surface area contributed by atoms with Crippen LogP contribution in [-0.4, -0.2) is 22.4 Å². The van der Waals surface area contributed by atoms with Crippen molar-refractivity contribution in [3.05, 3.63) is 40.5 Å². The molecule has 0 aliphatic heterocycles. The number of nitrogens with one attached hydrogen (secondary N) is 1. The maximum Gasteiger partial charge on any atom is 0.342 e. The molecule has 0 atom stereocenters. The predicted octanol–water partition coefficient (Wildman–Crippen LogP) is 3.68. The number of hydrogen-bond acceptors (Lipinski definition) is 3. The molecular weight excluding hydrogens is 297 g/mol. The van der Waals surface area contributed by atoms with E-state index in [1.54, 1.807) is 25.1 Å². The Morgan fingerprint density at radius 3 is 2.90 bits per heavy atom. The molecule has 21 heavy (non-hydrogen) atoms. The van der Waals surface area contributed by atoms with Crippen molar-refractivity contribution in [1.29, 1.82) is 0 Å². The van der Waals surface area contributed by atoms with E-state index in [2.05, 4.69) is 10.4 Å². The first-order chi connectivity index (χ1) is 10.0. The van der Waals surface area contributed by atoms with Gasteiger partial charge in [-0.2, -0.15) is 4.68 Å². The first kappa shape index (κ1) is 15.3. The first-order valence-electron chi connectivity index (χ1n) is 6.42. The Kier molecular flexibility index (Phi) is 4.80. The molecule has 5 nitrogen and oxygen atoms in total. The smallest absolute Gasteiger partial charge is 0.342 e. The summed E-state index contributed by atoms with van der Waals surface area (Å²) in [6, 6.07) is 5.97. The summed E-state index contributed by atoms with van der Waals surface area (Å²) in [6.07, 6.45) is 0. The molecule has 1 aromatic carbocycles. The zero-order chi connectivity index (χ0) is 15.4. The molecule has 2 aromatic rings. The summed E-state index contributed by atoms with van der Waals surface area (Å²) in [7, 11) is 0. The van der Waals surface area contributed by atoms with E-state index in [0.29, 0.717) is 28.6 Å². The van der Waals surface area contributed by atoms with Crippen molar-refractivity contribution in [2.75, 3.05) is 6.54 Å². The summed E-state index contributed by atoms with van der Waals surface area (Å²) < 4.78 is 19.5. The average molecular weight is 312 g/mol. The van der Waals surface area contributed by atoms with Gasteiger partial charge in [0.25, 0.3) is 0 Å². The Labute approximate surface area is 126 Å². The van der Waals surface area contributed by atoms with Crippen molar-refractivity contribution >= 4 is 17.6 Å². The number of hydrogen-bond donors (Lipinski definition) is 1. The van der Waals surface area contributed by atoms with Crippen LogP contribution in [0.1, 0.15) is 18.2 Å². The molecule has 1 heterocycles. The minimum Gasteiger partial charge on any atom is -0.438 e. The van der Waals surface area contributed by atoms with E-state index in [1.165, 1.54) is 10.7 Å². The number of ether oxygens (including phenoxy) is 1. The molecule has 0 bridgehead atoms. The summed E-state index contributed by atoms with van der Waals surface area (Å²) in [5, 5.41) is 7.04. The number of halogens is 2. The summed E-state index contributed by atoms with van der Waals surface area (Å²) in [6.45, 7) is 3.39. The fraction of sp³-hybridized carbons (Fsp3) is 0.286. The highest BCUT2D eigenvalue weighted by Gasteiger charge is 2.12. The minimum absolute atomic E-state index is 0.255. The molecule has 0 unspecified atom stereocenters. The van der Waals surface area contributed by atoms with Crippen molar-refractivity contribution in [2.24, 2.45) is 0 Å². The third-order valence-corrected chi connectivity index (χ3v) is 3.14. The van der Waals surface area contributed by atoms with Crippen LogP contribution in [0, 0.1) is 6.92 Å². The quantitative estimate of drug-likeness (QED) is 0.937. The van der Waals surface area contributed by atoms with Gasteiger partial charge in [0, 0.05) is 23.2 Å². The summed E-state index contributed by atoms with van der Waals surface area (Å²) in [5.41, 5.74) is 0.977. The average Bonchev–Trinajstić information content (AvgIpc) is 2.82. The normalized spacial score (nSPS) is 10.5. The Morgan fingerprint density at radius 1 is 1.48 bits per heavy atom. The highest BCUT2D eigenvalue weighted by Crippen LogP contribution is 2.26. The van der Waals surface area contributed by atoms with E-state index in [0.717, 1.165) is 0 Å². The molecule has 2 rings (SSSR count).